The molecule has 1 amide bonds. The molecule has 0 bridgehead atoms. The number of aromatic nitrogens is 3. The van der Waals surface area contributed by atoms with Gasteiger partial charge in [0.25, 0.3) is 0 Å². The van der Waals surface area contributed by atoms with Gasteiger partial charge in [-0.1, -0.05) is 43.8 Å². The molecule has 3 heterocycles. The molecule has 2 aromatic heterocycles. The zero-order valence-corrected chi connectivity index (χ0v) is 19.9. The fourth-order valence-corrected chi connectivity index (χ4v) is 5.99. The van der Waals surface area contributed by atoms with E-state index in [2.05, 4.69) is 34.3 Å². The summed E-state index contributed by atoms with van der Waals surface area (Å²) < 4.78 is 0. The van der Waals surface area contributed by atoms with E-state index in [1.54, 1.807) is 16.2 Å². The van der Waals surface area contributed by atoms with E-state index in [1.807, 2.05) is 41.8 Å². The number of benzene rings is 1. The van der Waals surface area contributed by atoms with E-state index in [0.717, 1.165) is 28.4 Å². The van der Waals surface area contributed by atoms with E-state index >= 15 is 0 Å². The number of H-pyrrole nitrogens is 1. The lowest BCUT2D eigenvalue weighted by molar-refractivity contribution is -0.118. The van der Waals surface area contributed by atoms with Crippen LogP contribution in [0.5, 0.6) is 0 Å². The van der Waals surface area contributed by atoms with Crippen LogP contribution < -0.4 is 16.0 Å². The van der Waals surface area contributed by atoms with E-state index in [1.165, 1.54) is 11.8 Å². The van der Waals surface area contributed by atoms with Crippen molar-refractivity contribution in [1.82, 2.24) is 15.2 Å². The number of fused-ring (bicyclic) bond motifs is 1. The molecular weight excluding hydrogens is 456 g/mol. The highest BCUT2D eigenvalue weighted by molar-refractivity contribution is 7.99. The summed E-state index contributed by atoms with van der Waals surface area (Å²) >= 11 is 2.76. The molecule has 10 heteroatoms. The van der Waals surface area contributed by atoms with Crippen LogP contribution in [0, 0.1) is 5.41 Å². The van der Waals surface area contributed by atoms with Gasteiger partial charge in [0.1, 0.15) is 6.04 Å². The zero-order chi connectivity index (χ0) is 23.2. The Bertz CT molecular complexity index is 1250. The van der Waals surface area contributed by atoms with Gasteiger partial charge in [0, 0.05) is 22.6 Å². The van der Waals surface area contributed by atoms with E-state index in [0.29, 0.717) is 17.2 Å². The van der Waals surface area contributed by atoms with Gasteiger partial charge >= 0.3 is 0 Å². The molecule has 1 aromatic carbocycles. The van der Waals surface area contributed by atoms with Crippen LogP contribution >= 0.6 is 23.1 Å². The van der Waals surface area contributed by atoms with Crippen molar-refractivity contribution in [3.8, 4) is 0 Å². The Balaban J connectivity index is 1.62. The second kappa shape index (κ2) is 8.35. The minimum absolute atomic E-state index is 0.0761. The van der Waals surface area contributed by atoms with Crippen LogP contribution in [0.15, 0.2) is 58.2 Å². The number of hydrogen-bond donors (Lipinski definition) is 3. The first-order chi connectivity index (χ1) is 15.8. The van der Waals surface area contributed by atoms with Gasteiger partial charge in [-0.25, -0.2) is 5.10 Å². The number of para-hydroxylation sites is 2. The molecule has 5 rings (SSSR count). The molecule has 0 spiro atoms. The van der Waals surface area contributed by atoms with Gasteiger partial charge in [0.05, 0.1) is 17.1 Å². The van der Waals surface area contributed by atoms with Crippen LogP contribution in [0.25, 0.3) is 0 Å². The van der Waals surface area contributed by atoms with Crippen LogP contribution in [0.4, 0.5) is 17.3 Å². The normalized spacial score (nSPS) is 19.5. The van der Waals surface area contributed by atoms with Crippen LogP contribution in [0.2, 0.25) is 0 Å². The Morgan fingerprint density at radius 3 is 2.82 bits per heavy atom. The number of rotatable bonds is 4. The van der Waals surface area contributed by atoms with Gasteiger partial charge < -0.3 is 11.1 Å². The average Bonchev–Trinajstić information content (AvgIpc) is 3.40. The minimum Gasteiger partial charge on any atom is -0.368 e. The number of nitrogens with two attached hydrogens (primary N) is 1. The summed E-state index contributed by atoms with van der Waals surface area (Å²) in [5.74, 6) is 0.251. The van der Waals surface area contributed by atoms with Crippen molar-refractivity contribution >= 4 is 52.1 Å². The number of nitrogens with zero attached hydrogens (tertiary/aromatic N) is 3. The largest absolute Gasteiger partial charge is 0.368 e. The third-order valence-corrected chi connectivity index (χ3v) is 7.55. The molecule has 0 saturated carbocycles. The number of ketones is 1. The fraction of sp³-hybridized carbons (Fsp3) is 0.304. The number of thioether (sulfide) groups is 1. The summed E-state index contributed by atoms with van der Waals surface area (Å²) in [4.78, 5) is 34.1. The molecular formula is C23H24N6O2S2. The van der Waals surface area contributed by atoms with Gasteiger partial charge in [-0.2, -0.15) is 4.98 Å². The van der Waals surface area contributed by atoms with Crippen molar-refractivity contribution in [3.05, 3.63) is 57.9 Å². The van der Waals surface area contributed by atoms with Crippen molar-refractivity contribution in [1.29, 1.82) is 0 Å². The lowest BCUT2D eigenvalue weighted by atomic mass is 9.74. The van der Waals surface area contributed by atoms with E-state index in [4.69, 9.17) is 5.73 Å². The van der Waals surface area contributed by atoms with Crippen LogP contribution in [0.3, 0.4) is 0 Å². The Hall–Kier alpha value is -3.11. The van der Waals surface area contributed by atoms with Crippen LogP contribution in [-0.4, -0.2) is 32.6 Å². The summed E-state index contributed by atoms with van der Waals surface area (Å²) in [5, 5.41) is 12.5. The van der Waals surface area contributed by atoms with Crippen molar-refractivity contribution in [2.45, 2.75) is 37.9 Å². The molecule has 3 aromatic rings. The number of nitrogen functional groups attached to an aromatic ring is 1. The Labute approximate surface area is 199 Å². The first-order valence-corrected chi connectivity index (χ1v) is 12.5. The quantitative estimate of drug-likeness (QED) is 0.474. The first-order valence-electron chi connectivity index (χ1n) is 10.6. The Morgan fingerprint density at radius 2 is 2.09 bits per heavy atom. The Kier molecular flexibility index (Phi) is 5.49. The maximum Gasteiger partial charge on any atom is 0.238 e. The first kappa shape index (κ1) is 21.7. The number of thiophene rings is 1. The topological polar surface area (TPSA) is 117 Å². The number of allylic oxidation sites excluding steroid dienone is 1. The van der Waals surface area contributed by atoms with E-state index in [-0.39, 0.29) is 28.8 Å². The third-order valence-electron chi connectivity index (χ3n) is 5.79. The summed E-state index contributed by atoms with van der Waals surface area (Å²) in [5.41, 5.74) is 8.60. The maximum atomic E-state index is 13.8. The molecule has 8 nitrogen and oxygen atoms in total. The Morgan fingerprint density at radius 1 is 1.27 bits per heavy atom. The van der Waals surface area contributed by atoms with Crippen molar-refractivity contribution in [3.63, 3.8) is 0 Å². The highest BCUT2D eigenvalue weighted by Gasteiger charge is 2.43. The highest BCUT2D eigenvalue weighted by Crippen LogP contribution is 2.49. The second-order valence-electron chi connectivity index (χ2n) is 8.95. The number of carbonyl (C=O) groups is 2. The van der Waals surface area contributed by atoms with Gasteiger partial charge in [-0.15, -0.1) is 16.4 Å². The van der Waals surface area contributed by atoms with E-state index in [9.17, 15) is 9.59 Å². The SMILES string of the molecule is CC1(C)CC(=O)C2=C(C1)Nc1ccccc1N(C(=O)CSc1n[nH]c(N)n1)[C@@H]2c1cccs1. The fourth-order valence-electron chi connectivity index (χ4n) is 4.50. The van der Waals surface area contributed by atoms with Gasteiger partial charge in [0.15, 0.2) is 5.78 Å². The lowest BCUT2D eigenvalue weighted by Crippen LogP contribution is -2.40. The molecule has 33 heavy (non-hydrogen) atoms. The van der Waals surface area contributed by atoms with Gasteiger partial charge in [0.2, 0.25) is 17.0 Å². The molecule has 170 valence electrons. The van der Waals surface area contributed by atoms with Crippen molar-refractivity contribution in [2.24, 2.45) is 5.41 Å². The number of carbonyl (C=O) groups excluding carboxylic acids is 2. The lowest BCUT2D eigenvalue weighted by Gasteiger charge is -2.36. The smallest absolute Gasteiger partial charge is 0.238 e. The maximum absolute atomic E-state index is 13.8. The van der Waals surface area contributed by atoms with Crippen molar-refractivity contribution in [2.75, 3.05) is 21.7 Å². The summed E-state index contributed by atoms with van der Waals surface area (Å²) in [6, 6.07) is 11.2. The predicted molar refractivity (Wildman–Crippen MR) is 131 cm³/mol. The van der Waals surface area contributed by atoms with Crippen LogP contribution in [0.1, 0.15) is 37.6 Å². The highest BCUT2D eigenvalue weighted by atomic mass is 32.2. The number of hydrogen-bond acceptors (Lipinski definition) is 8. The van der Waals surface area contributed by atoms with Crippen molar-refractivity contribution < 1.29 is 9.59 Å². The van der Waals surface area contributed by atoms with Gasteiger partial charge in [-0.05, 0) is 35.4 Å². The molecule has 1 aliphatic carbocycles. The minimum atomic E-state index is -0.495. The van der Waals surface area contributed by atoms with Crippen LogP contribution in [-0.2, 0) is 9.59 Å². The predicted octanol–water partition coefficient (Wildman–Crippen LogP) is 4.38. The summed E-state index contributed by atoms with van der Waals surface area (Å²) in [7, 11) is 0. The standard InChI is InChI=1S/C23H24N6O2S2/c1-23(2)10-14-19(16(30)11-23)20(17-8-5-9-32-17)29(15-7-4-3-6-13(15)25-14)18(31)12-33-22-26-21(24)27-28-22/h3-9,20,25H,10-12H2,1-2H3,(H3,24,26,27,28)/t20-/m1/s1. The number of aromatic amines is 1. The number of nitrogens with one attached hydrogen (secondary N) is 2. The molecule has 0 fully saturated rings. The third kappa shape index (κ3) is 4.16. The number of anilines is 3. The molecule has 1 aliphatic heterocycles. The zero-order valence-electron chi connectivity index (χ0n) is 18.3. The monoisotopic (exact) mass is 480 g/mol. The molecule has 1 atom stereocenters. The number of amides is 1. The average molecular weight is 481 g/mol. The summed E-state index contributed by atoms with van der Waals surface area (Å²) in [6.07, 6.45) is 1.18. The van der Waals surface area contributed by atoms with Gasteiger partial charge in [-0.3, -0.25) is 14.5 Å². The molecule has 4 N–H and O–H groups in total. The summed E-state index contributed by atoms with van der Waals surface area (Å²) in [6.45, 7) is 4.21. The van der Waals surface area contributed by atoms with E-state index < -0.39 is 6.04 Å². The molecule has 0 radical (unpaired) electrons. The molecule has 0 saturated heterocycles. The number of Topliss-reactive ketones (excluding diaryl/α,β-unsaturated/α-hetero) is 1. The second-order valence-corrected chi connectivity index (χ2v) is 10.9. The molecule has 2 aliphatic rings. The molecule has 0 unspecified atom stereocenters.